The molecule has 6 heteroatoms. The molecule has 0 fully saturated rings. The van der Waals surface area contributed by atoms with Crippen LogP contribution in [0.2, 0.25) is 0 Å². The van der Waals surface area contributed by atoms with Crippen molar-refractivity contribution in [1.29, 1.82) is 0 Å². The molecule has 0 spiro atoms. The summed E-state index contributed by atoms with van der Waals surface area (Å²) < 4.78 is 38.3. The van der Waals surface area contributed by atoms with Gasteiger partial charge in [0.25, 0.3) is 10.0 Å². The molecular weight excluding hydrogens is 290 g/mol. The standard InChI is InChI=1S/C15H13NO4S/c1-11-2-5-13(6-3-11)21(17,18)16-9-12-4-7-14-15(8-12)20-10-19-14/h2-9H,10H2,1H3/b16-9-. The van der Waals surface area contributed by atoms with E-state index < -0.39 is 10.0 Å². The van der Waals surface area contributed by atoms with Crippen LogP contribution >= 0.6 is 0 Å². The Labute approximate surface area is 122 Å². The Balaban J connectivity index is 1.86. The van der Waals surface area contributed by atoms with E-state index in [0.29, 0.717) is 17.1 Å². The highest BCUT2D eigenvalue weighted by atomic mass is 32.2. The summed E-state index contributed by atoms with van der Waals surface area (Å²) in [6.07, 6.45) is 1.30. The molecule has 1 heterocycles. The molecule has 2 aromatic carbocycles. The second-order valence-corrected chi connectivity index (χ2v) is 6.27. The maximum atomic E-state index is 12.1. The summed E-state index contributed by atoms with van der Waals surface area (Å²) in [6, 6.07) is 11.7. The fraction of sp³-hybridized carbons (Fsp3) is 0.133. The van der Waals surface area contributed by atoms with Crippen LogP contribution in [0.1, 0.15) is 11.1 Å². The van der Waals surface area contributed by atoms with Gasteiger partial charge in [-0.15, -0.1) is 0 Å². The van der Waals surface area contributed by atoms with Crippen LogP contribution in [0.3, 0.4) is 0 Å². The minimum Gasteiger partial charge on any atom is -0.454 e. The first-order valence-corrected chi connectivity index (χ1v) is 7.75. The molecule has 0 bridgehead atoms. The van der Waals surface area contributed by atoms with Crippen molar-refractivity contribution < 1.29 is 17.9 Å². The lowest BCUT2D eigenvalue weighted by Crippen LogP contribution is -1.97. The summed E-state index contributed by atoms with van der Waals surface area (Å²) in [7, 11) is -3.69. The summed E-state index contributed by atoms with van der Waals surface area (Å²) in [6.45, 7) is 2.07. The van der Waals surface area contributed by atoms with E-state index in [1.807, 2.05) is 6.92 Å². The molecule has 0 aromatic heterocycles. The van der Waals surface area contributed by atoms with Gasteiger partial charge in [-0.2, -0.15) is 12.8 Å². The van der Waals surface area contributed by atoms with Gasteiger partial charge >= 0.3 is 0 Å². The summed E-state index contributed by atoms with van der Waals surface area (Å²) in [5.41, 5.74) is 1.63. The number of ether oxygens (including phenoxy) is 2. The molecule has 0 amide bonds. The summed E-state index contributed by atoms with van der Waals surface area (Å²) in [5.74, 6) is 1.24. The number of benzene rings is 2. The van der Waals surface area contributed by atoms with E-state index >= 15 is 0 Å². The number of aryl methyl sites for hydroxylation is 1. The fourth-order valence-corrected chi connectivity index (χ4v) is 2.76. The van der Waals surface area contributed by atoms with E-state index in [0.717, 1.165) is 5.56 Å². The Morgan fingerprint density at radius 3 is 2.52 bits per heavy atom. The van der Waals surface area contributed by atoms with Gasteiger partial charge in [-0.05, 0) is 42.8 Å². The zero-order valence-electron chi connectivity index (χ0n) is 11.3. The Hall–Kier alpha value is -2.34. The van der Waals surface area contributed by atoms with Crippen molar-refractivity contribution in [2.75, 3.05) is 6.79 Å². The zero-order chi connectivity index (χ0) is 14.9. The zero-order valence-corrected chi connectivity index (χ0v) is 12.1. The quantitative estimate of drug-likeness (QED) is 0.817. The summed E-state index contributed by atoms with van der Waals surface area (Å²) >= 11 is 0. The summed E-state index contributed by atoms with van der Waals surface area (Å²) in [4.78, 5) is 0.171. The van der Waals surface area contributed by atoms with E-state index in [9.17, 15) is 8.42 Å². The van der Waals surface area contributed by atoms with Crippen LogP contribution in [0.15, 0.2) is 51.8 Å². The molecule has 1 aliphatic heterocycles. The average Bonchev–Trinajstić information content (AvgIpc) is 2.93. The molecule has 21 heavy (non-hydrogen) atoms. The van der Waals surface area contributed by atoms with Crippen molar-refractivity contribution in [2.45, 2.75) is 11.8 Å². The van der Waals surface area contributed by atoms with Crippen molar-refractivity contribution >= 4 is 16.2 Å². The third kappa shape index (κ3) is 2.90. The van der Waals surface area contributed by atoms with E-state index in [4.69, 9.17) is 9.47 Å². The molecule has 2 aromatic rings. The van der Waals surface area contributed by atoms with Crippen LogP contribution < -0.4 is 9.47 Å². The highest BCUT2D eigenvalue weighted by Crippen LogP contribution is 2.32. The first kappa shape index (κ1) is 13.6. The van der Waals surface area contributed by atoms with Crippen molar-refractivity contribution in [3.05, 3.63) is 53.6 Å². The van der Waals surface area contributed by atoms with Crippen LogP contribution in [0.25, 0.3) is 0 Å². The van der Waals surface area contributed by atoms with E-state index in [1.54, 1.807) is 42.5 Å². The summed E-state index contributed by atoms with van der Waals surface area (Å²) in [5, 5.41) is 0. The highest BCUT2D eigenvalue weighted by Gasteiger charge is 2.14. The van der Waals surface area contributed by atoms with Gasteiger partial charge in [0.05, 0.1) is 4.90 Å². The van der Waals surface area contributed by atoms with Gasteiger partial charge in [0.2, 0.25) is 6.79 Å². The smallest absolute Gasteiger partial charge is 0.282 e. The first-order valence-electron chi connectivity index (χ1n) is 6.31. The Kier molecular flexibility index (Phi) is 3.39. The van der Waals surface area contributed by atoms with Gasteiger partial charge in [0.1, 0.15) is 0 Å². The van der Waals surface area contributed by atoms with E-state index in [-0.39, 0.29) is 11.7 Å². The molecule has 0 radical (unpaired) electrons. The topological polar surface area (TPSA) is 65.0 Å². The maximum Gasteiger partial charge on any atom is 0.282 e. The van der Waals surface area contributed by atoms with E-state index in [2.05, 4.69) is 4.40 Å². The van der Waals surface area contributed by atoms with Gasteiger partial charge in [0, 0.05) is 6.21 Å². The lowest BCUT2D eigenvalue weighted by Gasteiger charge is -2.00. The van der Waals surface area contributed by atoms with Crippen LogP contribution in [0.5, 0.6) is 11.5 Å². The molecule has 108 valence electrons. The minimum atomic E-state index is -3.69. The second-order valence-electron chi connectivity index (χ2n) is 4.64. The maximum absolute atomic E-state index is 12.1. The molecule has 0 atom stereocenters. The Bertz CT molecular complexity index is 795. The lowest BCUT2D eigenvalue weighted by molar-refractivity contribution is 0.174. The Morgan fingerprint density at radius 2 is 1.76 bits per heavy atom. The largest absolute Gasteiger partial charge is 0.454 e. The normalized spacial score (nSPS) is 13.8. The fourth-order valence-electron chi connectivity index (χ4n) is 1.89. The SMILES string of the molecule is Cc1ccc(S(=O)(=O)/N=C\c2ccc3c(c2)OCO3)cc1. The lowest BCUT2D eigenvalue weighted by atomic mass is 10.2. The van der Waals surface area contributed by atoms with Crippen molar-refractivity contribution in [2.24, 2.45) is 4.40 Å². The molecular formula is C15H13NO4S. The van der Waals surface area contributed by atoms with Crippen molar-refractivity contribution in [3.8, 4) is 11.5 Å². The van der Waals surface area contributed by atoms with E-state index in [1.165, 1.54) is 6.21 Å². The molecule has 0 unspecified atom stereocenters. The number of sulfonamides is 1. The molecule has 3 rings (SSSR count). The average molecular weight is 303 g/mol. The molecule has 0 N–H and O–H groups in total. The molecule has 5 nitrogen and oxygen atoms in total. The van der Waals surface area contributed by atoms with Crippen LogP contribution in [0.4, 0.5) is 0 Å². The van der Waals surface area contributed by atoms with Crippen molar-refractivity contribution in [1.82, 2.24) is 0 Å². The van der Waals surface area contributed by atoms with Gasteiger partial charge in [-0.25, -0.2) is 0 Å². The number of nitrogens with zero attached hydrogens (tertiary/aromatic N) is 1. The number of fused-ring (bicyclic) bond motifs is 1. The van der Waals surface area contributed by atoms with Crippen LogP contribution in [-0.4, -0.2) is 21.4 Å². The number of hydrogen-bond acceptors (Lipinski definition) is 4. The molecule has 0 aliphatic carbocycles. The highest BCUT2D eigenvalue weighted by molar-refractivity contribution is 7.90. The predicted octanol–water partition coefficient (Wildman–Crippen LogP) is 2.53. The molecule has 0 saturated carbocycles. The number of hydrogen-bond donors (Lipinski definition) is 0. The Morgan fingerprint density at radius 1 is 1.05 bits per heavy atom. The van der Waals surface area contributed by atoms with Crippen molar-refractivity contribution in [3.63, 3.8) is 0 Å². The van der Waals surface area contributed by atoms with Crippen LogP contribution in [0, 0.1) is 6.92 Å². The van der Waals surface area contributed by atoms with Gasteiger partial charge in [0.15, 0.2) is 11.5 Å². The third-order valence-electron chi connectivity index (χ3n) is 3.06. The van der Waals surface area contributed by atoms with Gasteiger partial charge < -0.3 is 9.47 Å². The van der Waals surface area contributed by atoms with Gasteiger partial charge in [-0.1, -0.05) is 17.7 Å². The monoisotopic (exact) mass is 303 g/mol. The third-order valence-corrected chi connectivity index (χ3v) is 4.31. The molecule has 0 saturated heterocycles. The minimum absolute atomic E-state index is 0.171. The predicted molar refractivity (Wildman–Crippen MR) is 78.5 cm³/mol. The first-order chi connectivity index (χ1) is 10.0. The second kappa shape index (κ2) is 5.21. The number of rotatable bonds is 3. The molecule has 1 aliphatic rings. The van der Waals surface area contributed by atoms with Crippen LogP contribution in [-0.2, 0) is 10.0 Å². The van der Waals surface area contributed by atoms with Gasteiger partial charge in [-0.3, -0.25) is 0 Å².